The lowest BCUT2D eigenvalue weighted by atomic mass is 10.0. The quantitative estimate of drug-likeness (QED) is 0.817. The van der Waals surface area contributed by atoms with Gasteiger partial charge in [-0.3, -0.25) is 9.69 Å². The fourth-order valence-electron chi connectivity index (χ4n) is 3.39. The molecular formula is C18H26N2O6. The van der Waals surface area contributed by atoms with Gasteiger partial charge in [0.1, 0.15) is 0 Å². The van der Waals surface area contributed by atoms with Crippen molar-refractivity contribution in [2.24, 2.45) is 0 Å². The molecule has 0 unspecified atom stereocenters. The Morgan fingerprint density at radius 3 is 2.15 bits per heavy atom. The number of benzene rings is 1. The third-order valence-electron chi connectivity index (χ3n) is 4.75. The molecule has 0 bridgehead atoms. The van der Waals surface area contributed by atoms with E-state index in [1.807, 2.05) is 0 Å². The number of amides is 1. The summed E-state index contributed by atoms with van der Waals surface area (Å²) in [7, 11) is 4.62. The van der Waals surface area contributed by atoms with Crippen molar-refractivity contribution < 1.29 is 28.5 Å². The number of anilines is 1. The largest absolute Gasteiger partial charge is 0.493 e. The molecule has 144 valence electrons. The summed E-state index contributed by atoms with van der Waals surface area (Å²) in [6, 6.07) is 3.43. The molecule has 0 saturated carbocycles. The molecule has 3 rings (SSSR count). The number of rotatable bonds is 6. The van der Waals surface area contributed by atoms with E-state index in [-0.39, 0.29) is 5.91 Å². The number of methoxy groups -OCH3 is 3. The summed E-state index contributed by atoms with van der Waals surface area (Å²) < 4.78 is 27.3. The van der Waals surface area contributed by atoms with Crippen LogP contribution in [0.3, 0.4) is 0 Å². The molecule has 1 amide bonds. The fourth-order valence-corrected chi connectivity index (χ4v) is 3.39. The predicted octanol–water partition coefficient (Wildman–Crippen LogP) is 1.49. The highest BCUT2D eigenvalue weighted by Crippen LogP contribution is 2.40. The molecule has 1 aromatic carbocycles. The van der Waals surface area contributed by atoms with Gasteiger partial charge in [0.25, 0.3) is 0 Å². The Labute approximate surface area is 153 Å². The molecule has 8 nitrogen and oxygen atoms in total. The van der Waals surface area contributed by atoms with Crippen LogP contribution in [0.4, 0.5) is 5.69 Å². The van der Waals surface area contributed by atoms with E-state index in [4.69, 9.17) is 23.7 Å². The number of nitrogens with one attached hydrogen (secondary N) is 1. The average Bonchev–Trinajstić information content (AvgIpc) is 3.11. The molecule has 0 radical (unpaired) electrons. The summed E-state index contributed by atoms with van der Waals surface area (Å²) in [6.07, 6.45) is 1.56. The van der Waals surface area contributed by atoms with Crippen molar-refractivity contribution in [2.45, 2.75) is 18.6 Å². The van der Waals surface area contributed by atoms with Crippen molar-refractivity contribution in [3.8, 4) is 17.2 Å². The molecule has 2 saturated heterocycles. The number of piperidine rings is 1. The van der Waals surface area contributed by atoms with Crippen LogP contribution in [0.15, 0.2) is 12.1 Å². The van der Waals surface area contributed by atoms with Gasteiger partial charge in [0, 0.05) is 43.8 Å². The number of hydrogen-bond donors (Lipinski definition) is 1. The molecule has 1 spiro atoms. The van der Waals surface area contributed by atoms with Crippen molar-refractivity contribution in [3.05, 3.63) is 12.1 Å². The van der Waals surface area contributed by atoms with Gasteiger partial charge in [0.15, 0.2) is 17.3 Å². The third kappa shape index (κ3) is 4.03. The maximum absolute atomic E-state index is 12.4. The van der Waals surface area contributed by atoms with Crippen LogP contribution in [0.5, 0.6) is 17.2 Å². The smallest absolute Gasteiger partial charge is 0.238 e. The van der Waals surface area contributed by atoms with Crippen LogP contribution in [0, 0.1) is 0 Å². The van der Waals surface area contributed by atoms with Gasteiger partial charge < -0.3 is 29.0 Å². The predicted molar refractivity (Wildman–Crippen MR) is 95.0 cm³/mol. The maximum atomic E-state index is 12.4. The maximum Gasteiger partial charge on any atom is 0.238 e. The van der Waals surface area contributed by atoms with E-state index in [1.54, 1.807) is 33.5 Å². The molecule has 26 heavy (non-hydrogen) atoms. The summed E-state index contributed by atoms with van der Waals surface area (Å²) in [4.78, 5) is 14.5. The molecule has 2 aliphatic heterocycles. The summed E-state index contributed by atoms with van der Waals surface area (Å²) in [5, 5.41) is 2.89. The lowest BCUT2D eigenvalue weighted by Crippen LogP contribution is -2.47. The Morgan fingerprint density at radius 2 is 1.65 bits per heavy atom. The van der Waals surface area contributed by atoms with E-state index in [2.05, 4.69) is 10.2 Å². The Hall–Kier alpha value is -2.03. The van der Waals surface area contributed by atoms with Crippen LogP contribution >= 0.6 is 0 Å². The Bertz CT molecular complexity index is 610. The zero-order chi connectivity index (χ0) is 18.6. The Kier molecular flexibility index (Phi) is 5.85. The van der Waals surface area contributed by atoms with Crippen LogP contribution in [-0.4, -0.2) is 70.8 Å². The van der Waals surface area contributed by atoms with Gasteiger partial charge in [0.2, 0.25) is 11.7 Å². The molecule has 1 N–H and O–H groups in total. The minimum Gasteiger partial charge on any atom is -0.493 e. The molecular weight excluding hydrogens is 340 g/mol. The van der Waals surface area contributed by atoms with Crippen LogP contribution in [0.1, 0.15) is 12.8 Å². The van der Waals surface area contributed by atoms with E-state index < -0.39 is 5.79 Å². The van der Waals surface area contributed by atoms with Gasteiger partial charge in [-0.25, -0.2) is 0 Å². The normalized spacial score (nSPS) is 19.3. The third-order valence-corrected chi connectivity index (χ3v) is 4.75. The van der Waals surface area contributed by atoms with Crippen molar-refractivity contribution in [3.63, 3.8) is 0 Å². The number of likely N-dealkylation sites (tertiary alicyclic amines) is 1. The number of carbonyl (C=O) groups is 1. The lowest BCUT2D eigenvalue weighted by molar-refractivity contribution is -0.185. The Balaban J connectivity index is 1.58. The highest BCUT2D eigenvalue weighted by molar-refractivity contribution is 5.93. The first-order chi connectivity index (χ1) is 12.6. The lowest BCUT2D eigenvalue weighted by Gasteiger charge is -2.37. The molecule has 2 aliphatic rings. The first kappa shape index (κ1) is 18.8. The highest BCUT2D eigenvalue weighted by Gasteiger charge is 2.39. The second-order valence-corrected chi connectivity index (χ2v) is 6.35. The van der Waals surface area contributed by atoms with Gasteiger partial charge in [-0.2, -0.15) is 0 Å². The number of nitrogens with zero attached hydrogens (tertiary/aromatic N) is 1. The number of ether oxygens (including phenoxy) is 5. The van der Waals surface area contributed by atoms with Crippen molar-refractivity contribution in [1.82, 2.24) is 4.90 Å². The second kappa shape index (κ2) is 8.11. The van der Waals surface area contributed by atoms with Gasteiger partial charge in [0.05, 0.1) is 41.1 Å². The zero-order valence-corrected chi connectivity index (χ0v) is 15.5. The molecule has 1 aromatic rings. The monoisotopic (exact) mass is 366 g/mol. The molecule has 0 atom stereocenters. The Morgan fingerprint density at radius 1 is 1.08 bits per heavy atom. The van der Waals surface area contributed by atoms with Crippen LogP contribution in [-0.2, 0) is 14.3 Å². The van der Waals surface area contributed by atoms with E-state index in [0.717, 1.165) is 25.9 Å². The van der Waals surface area contributed by atoms with Gasteiger partial charge in [-0.1, -0.05) is 0 Å². The minimum atomic E-state index is -0.427. The molecule has 8 heteroatoms. The molecule has 0 aromatic heterocycles. The second-order valence-electron chi connectivity index (χ2n) is 6.35. The first-order valence-corrected chi connectivity index (χ1v) is 8.69. The topological polar surface area (TPSA) is 78.5 Å². The van der Waals surface area contributed by atoms with Crippen molar-refractivity contribution in [1.29, 1.82) is 0 Å². The summed E-state index contributed by atoms with van der Waals surface area (Å²) >= 11 is 0. The first-order valence-electron chi connectivity index (χ1n) is 8.69. The van der Waals surface area contributed by atoms with E-state index >= 15 is 0 Å². The minimum absolute atomic E-state index is 0.0940. The van der Waals surface area contributed by atoms with Gasteiger partial charge in [-0.15, -0.1) is 0 Å². The van der Waals surface area contributed by atoms with E-state index in [9.17, 15) is 4.79 Å². The van der Waals surface area contributed by atoms with E-state index in [1.165, 1.54) is 0 Å². The summed E-state index contributed by atoms with van der Waals surface area (Å²) in [5.74, 6) is 0.966. The van der Waals surface area contributed by atoms with Gasteiger partial charge in [-0.05, 0) is 0 Å². The molecule has 0 aliphatic carbocycles. The van der Waals surface area contributed by atoms with Gasteiger partial charge >= 0.3 is 0 Å². The van der Waals surface area contributed by atoms with Crippen molar-refractivity contribution in [2.75, 3.05) is 59.5 Å². The molecule has 2 fully saturated rings. The average molecular weight is 366 g/mol. The summed E-state index contributed by atoms with van der Waals surface area (Å²) in [6.45, 7) is 3.15. The van der Waals surface area contributed by atoms with Crippen LogP contribution in [0.2, 0.25) is 0 Å². The zero-order valence-electron chi connectivity index (χ0n) is 15.5. The highest BCUT2D eigenvalue weighted by atomic mass is 16.7. The summed E-state index contributed by atoms with van der Waals surface area (Å²) in [5.41, 5.74) is 0.598. The van der Waals surface area contributed by atoms with Crippen molar-refractivity contribution >= 4 is 11.6 Å². The number of carbonyl (C=O) groups excluding carboxylic acids is 1. The molecule has 2 heterocycles. The van der Waals surface area contributed by atoms with Crippen LogP contribution < -0.4 is 19.5 Å². The number of hydrogen-bond acceptors (Lipinski definition) is 7. The fraction of sp³-hybridized carbons (Fsp3) is 0.611. The SMILES string of the molecule is COc1cc(NC(=O)CN2CCC3(CC2)OCCO3)cc(OC)c1OC. The van der Waals surface area contributed by atoms with E-state index in [0.29, 0.717) is 42.7 Å². The van der Waals surface area contributed by atoms with Crippen LogP contribution in [0.25, 0.3) is 0 Å². The standard InChI is InChI=1S/C18H26N2O6/c1-22-14-10-13(11-15(23-2)17(14)24-3)19-16(21)12-20-6-4-18(5-7-20)25-8-9-26-18/h10-11H,4-9,12H2,1-3H3,(H,19,21).